The van der Waals surface area contributed by atoms with Crippen LogP contribution in [0.5, 0.6) is 5.75 Å². The molecule has 0 unspecified atom stereocenters. The van der Waals surface area contributed by atoms with Crippen LogP contribution in [0.1, 0.15) is 17.5 Å². The maximum absolute atomic E-state index is 10.2. The van der Waals surface area contributed by atoms with Crippen LogP contribution in [0.2, 0.25) is 0 Å². The van der Waals surface area contributed by atoms with Crippen molar-refractivity contribution < 1.29 is 5.11 Å². The Hall–Kier alpha value is -1.14. The van der Waals surface area contributed by atoms with Gasteiger partial charge in [-0.25, -0.2) is 0 Å². The molecule has 2 aliphatic rings. The number of benzene rings is 1. The Bertz CT molecular complexity index is 534. The van der Waals surface area contributed by atoms with Crippen LogP contribution in [-0.2, 0) is 13.0 Å². The topological polar surface area (TPSA) is 33.2 Å². The number of nitrogens with zero attached hydrogens (tertiary/aromatic N) is 4. The molecule has 2 aliphatic heterocycles. The Morgan fingerprint density at radius 1 is 0.840 bits per heavy atom. The second-order valence-electron chi connectivity index (χ2n) is 7.79. The number of hydrogen-bond donors (Lipinski definition) is 1. The van der Waals surface area contributed by atoms with Gasteiger partial charge in [0, 0.05) is 64.5 Å². The third-order valence-corrected chi connectivity index (χ3v) is 5.67. The lowest BCUT2D eigenvalue weighted by Gasteiger charge is -2.32. The molecule has 0 radical (unpaired) electrons. The van der Waals surface area contributed by atoms with Crippen LogP contribution in [0.4, 0.5) is 0 Å². The van der Waals surface area contributed by atoms with E-state index < -0.39 is 0 Å². The summed E-state index contributed by atoms with van der Waals surface area (Å²) < 4.78 is 0. The van der Waals surface area contributed by atoms with Crippen molar-refractivity contribution in [2.24, 2.45) is 0 Å². The van der Waals surface area contributed by atoms with Crippen molar-refractivity contribution >= 4 is 0 Å². The lowest BCUT2D eigenvalue weighted by molar-refractivity contribution is 0.147. The molecule has 0 atom stereocenters. The van der Waals surface area contributed by atoms with E-state index in [9.17, 15) is 5.11 Å². The Labute approximate surface area is 152 Å². The van der Waals surface area contributed by atoms with Crippen molar-refractivity contribution in [2.45, 2.75) is 19.4 Å². The predicted octanol–water partition coefficient (Wildman–Crippen LogP) is 1.32. The average molecular weight is 347 g/mol. The van der Waals surface area contributed by atoms with Gasteiger partial charge >= 0.3 is 0 Å². The van der Waals surface area contributed by atoms with Gasteiger partial charge in [-0.3, -0.25) is 4.90 Å². The number of hydrogen-bond acceptors (Lipinski definition) is 5. The minimum absolute atomic E-state index is 0.446. The number of phenolic OH excluding ortho intramolecular Hbond substituents is 1. The zero-order valence-corrected chi connectivity index (χ0v) is 16.0. The Morgan fingerprint density at radius 3 is 2.08 bits per heavy atom. The fourth-order valence-corrected chi connectivity index (χ4v) is 3.75. The molecule has 5 nitrogen and oxygen atoms in total. The highest BCUT2D eigenvalue weighted by Gasteiger charge is 2.16. The normalized spacial score (nSPS) is 21.7. The molecule has 0 aromatic heterocycles. The van der Waals surface area contributed by atoms with Gasteiger partial charge in [0.15, 0.2) is 0 Å². The zero-order chi connectivity index (χ0) is 17.6. The van der Waals surface area contributed by atoms with Gasteiger partial charge in [-0.2, -0.15) is 0 Å². The summed E-state index contributed by atoms with van der Waals surface area (Å²) in [6.45, 7) is 11.2. The molecule has 2 heterocycles. The van der Waals surface area contributed by atoms with Gasteiger partial charge in [-0.1, -0.05) is 12.1 Å². The Kier molecular flexibility index (Phi) is 6.70. The molecule has 2 fully saturated rings. The van der Waals surface area contributed by atoms with E-state index in [1.54, 1.807) is 0 Å². The van der Waals surface area contributed by atoms with Crippen LogP contribution in [-0.4, -0.2) is 97.7 Å². The summed E-state index contributed by atoms with van der Waals surface area (Å²) >= 11 is 0. The SMILES string of the molecule is CN1CCN(CCCc2ccc(O)c(CN3CCN(C)CC3)c2)CC1. The number of aromatic hydroxyl groups is 1. The molecular formula is C20H34N4O. The van der Waals surface area contributed by atoms with Crippen LogP contribution in [0.3, 0.4) is 0 Å². The van der Waals surface area contributed by atoms with Gasteiger partial charge in [0.25, 0.3) is 0 Å². The second kappa shape index (κ2) is 8.99. The van der Waals surface area contributed by atoms with Gasteiger partial charge in [-0.05, 0) is 45.1 Å². The predicted molar refractivity (Wildman–Crippen MR) is 103 cm³/mol. The van der Waals surface area contributed by atoms with E-state index >= 15 is 0 Å². The third-order valence-electron chi connectivity index (χ3n) is 5.67. The maximum Gasteiger partial charge on any atom is 0.120 e. The number of piperazine rings is 2. The summed E-state index contributed by atoms with van der Waals surface area (Å²) in [5.74, 6) is 0.446. The first-order valence-electron chi connectivity index (χ1n) is 9.73. The van der Waals surface area contributed by atoms with E-state index in [0.717, 1.165) is 44.7 Å². The molecule has 0 saturated carbocycles. The van der Waals surface area contributed by atoms with E-state index in [1.165, 1.54) is 44.7 Å². The number of aryl methyl sites for hydroxylation is 1. The van der Waals surface area contributed by atoms with Crippen molar-refractivity contribution in [1.82, 2.24) is 19.6 Å². The van der Waals surface area contributed by atoms with E-state index in [2.05, 4.69) is 45.8 Å². The van der Waals surface area contributed by atoms with Crippen molar-refractivity contribution in [1.29, 1.82) is 0 Å². The average Bonchev–Trinajstić information content (AvgIpc) is 2.61. The number of phenols is 1. The highest BCUT2D eigenvalue weighted by molar-refractivity contribution is 5.36. The zero-order valence-electron chi connectivity index (χ0n) is 16.0. The molecule has 0 spiro atoms. The molecule has 0 bridgehead atoms. The summed E-state index contributed by atoms with van der Waals surface area (Å²) in [6.07, 6.45) is 2.30. The first-order chi connectivity index (χ1) is 12.1. The molecule has 3 rings (SSSR count). The molecule has 1 aromatic rings. The molecule has 25 heavy (non-hydrogen) atoms. The summed E-state index contributed by atoms with van der Waals surface area (Å²) in [6, 6.07) is 6.20. The fourth-order valence-electron chi connectivity index (χ4n) is 3.75. The molecule has 1 N–H and O–H groups in total. The Balaban J connectivity index is 1.47. The highest BCUT2D eigenvalue weighted by atomic mass is 16.3. The van der Waals surface area contributed by atoms with Gasteiger partial charge in [-0.15, -0.1) is 0 Å². The minimum Gasteiger partial charge on any atom is -0.508 e. The number of likely N-dealkylation sites (N-methyl/N-ethyl adjacent to an activating group) is 2. The highest BCUT2D eigenvalue weighted by Crippen LogP contribution is 2.22. The van der Waals surface area contributed by atoms with Gasteiger partial charge in [0.05, 0.1) is 0 Å². The van der Waals surface area contributed by atoms with Crippen LogP contribution in [0.25, 0.3) is 0 Å². The van der Waals surface area contributed by atoms with Crippen LogP contribution < -0.4 is 0 Å². The van der Waals surface area contributed by atoms with Crippen molar-refractivity contribution in [2.75, 3.05) is 73.0 Å². The summed E-state index contributed by atoms with van der Waals surface area (Å²) in [4.78, 5) is 9.79. The molecule has 2 saturated heterocycles. The quantitative estimate of drug-likeness (QED) is 0.840. The van der Waals surface area contributed by atoms with Gasteiger partial charge in [0.1, 0.15) is 5.75 Å². The molecule has 1 aromatic carbocycles. The largest absolute Gasteiger partial charge is 0.508 e. The molecule has 140 valence electrons. The summed E-state index contributed by atoms with van der Waals surface area (Å²) in [5, 5.41) is 10.2. The van der Waals surface area contributed by atoms with Crippen LogP contribution in [0.15, 0.2) is 18.2 Å². The number of rotatable bonds is 6. The van der Waals surface area contributed by atoms with Crippen LogP contribution in [0, 0.1) is 0 Å². The molecule has 5 heteroatoms. The van der Waals surface area contributed by atoms with E-state index in [1.807, 2.05) is 6.07 Å². The van der Waals surface area contributed by atoms with Gasteiger partial charge < -0.3 is 19.8 Å². The maximum atomic E-state index is 10.2. The second-order valence-corrected chi connectivity index (χ2v) is 7.79. The fraction of sp³-hybridized carbons (Fsp3) is 0.700. The Morgan fingerprint density at radius 2 is 1.44 bits per heavy atom. The summed E-state index contributed by atoms with van der Waals surface area (Å²) in [5.41, 5.74) is 2.44. The molecule has 0 amide bonds. The third kappa shape index (κ3) is 5.68. The smallest absolute Gasteiger partial charge is 0.120 e. The van der Waals surface area contributed by atoms with Crippen molar-refractivity contribution in [3.8, 4) is 5.75 Å². The van der Waals surface area contributed by atoms with Gasteiger partial charge in [0.2, 0.25) is 0 Å². The molecular weight excluding hydrogens is 312 g/mol. The lowest BCUT2D eigenvalue weighted by atomic mass is 10.0. The van der Waals surface area contributed by atoms with E-state index in [-0.39, 0.29) is 0 Å². The first-order valence-corrected chi connectivity index (χ1v) is 9.73. The monoisotopic (exact) mass is 346 g/mol. The summed E-state index contributed by atoms with van der Waals surface area (Å²) in [7, 11) is 4.38. The van der Waals surface area contributed by atoms with Crippen molar-refractivity contribution in [3.05, 3.63) is 29.3 Å². The minimum atomic E-state index is 0.446. The van der Waals surface area contributed by atoms with E-state index in [0.29, 0.717) is 5.75 Å². The van der Waals surface area contributed by atoms with Crippen LogP contribution >= 0.6 is 0 Å². The first kappa shape index (κ1) is 18.6. The van der Waals surface area contributed by atoms with Crippen molar-refractivity contribution in [3.63, 3.8) is 0 Å². The standard InChI is InChI=1S/C20H34N4O/c1-21-8-12-23(13-9-21)7-3-4-18-5-6-20(25)19(16-18)17-24-14-10-22(2)11-15-24/h5-6,16,25H,3-4,7-15,17H2,1-2H3. The lowest BCUT2D eigenvalue weighted by Crippen LogP contribution is -2.44. The van der Waals surface area contributed by atoms with E-state index in [4.69, 9.17) is 0 Å². The molecule has 0 aliphatic carbocycles.